The molecule has 7 nitrogen and oxygen atoms in total. The predicted octanol–water partition coefficient (Wildman–Crippen LogP) is 1.88. The molecular weight excluding hydrogens is 317 g/mol. The molecule has 0 atom stereocenters. The number of halogens is 3. The summed E-state index contributed by atoms with van der Waals surface area (Å²) in [6.07, 6.45) is -5.77. The Morgan fingerprint density at radius 2 is 1.95 bits per heavy atom. The lowest BCUT2D eigenvalue weighted by molar-refractivity contribution is -0.385. The van der Waals surface area contributed by atoms with E-state index in [2.05, 4.69) is 0 Å². The van der Waals surface area contributed by atoms with Crippen molar-refractivity contribution in [2.24, 2.45) is 5.14 Å². The maximum Gasteiger partial charge on any atom is 0.392 e. The zero-order valence-corrected chi connectivity index (χ0v) is 11.5. The van der Waals surface area contributed by atoms with E-state index in [1.165, 1.54) is 6.92 Å². The summed E-state index contributed by atoms with van der Waals surface area (Å²) in [6, 6.07) is 1.63. The summed E-state index contributed by atoms with van der Waals surface area (Å²) in [4.78, 5) is 9.10. The lowest BCUT2D eigenvalue weighted by atomic mass is 10.2. The van der Waals surface area contributed by atoms with Gasteiger partial charge in [0, 0.05) is 12.1 Å². The van der Waals surface area contributed by atoms with Gasteiger partial charge in [-0.15, -0.1) is 0 Å². The summed E-state index contributed by atoms with van der Waals surface area (Å²) in [7, 11) is -4.39. The van der Waals surface area contributed by atoms with Crippen LogP contribution in [0.3, 0.4) is 0 Å². The maximum atomic E-state index is 12.1. The van der Waals surface area contributed by atoms with Crippen LogP contribution >= 0.6 is 0 Å². The quantitative estimate of drug-likeness (QED) is 0.655. The van der Waals surface area contributed by atoms with E-state index in [1.54, 1.807) is 0 Å². The average Bonchev–Trinajstić information content (AvgIpc) is 2.27. The van der Waals surface area contributed by atoms with E-state index in [0.717, 1.165) is 6.07 Å². The van der Waals surface area contributed by atoms with Crippen molar-refractivity contribution in [1.82, 2.24) is 0 Å². The van der Waals surface area contributed by atoms with Crippen LogP contribution in [0.5, 0.6) is 5.75 Å². The van der Waals surface area contributed by atoms with Gasteiger partial charge in [-0.3, -0.25) is 10.1 Å². The number of primary sulfonamides is 1. The van der Waals surface area contributed by atoms with Crippen LogP contribution in [0.15, 0.2) is 17.0 Å². The monoisotopic (exact) mass is 328 g/mol. The molecule has 0 unspecified atom stereocenters. The minimum Gasteiger partial charge on any atom is -0.492 e. The van der Waals surface area contributed by atoms with E-state index >= 15 is 0 Å². The molecule has 2 N–H and O–H groups in total. The summed E-state index contributed by atoms with van der Waals surface area (Å²) >= 11 is 0. The molecule has 0 aliphatic rings. The fourth-order valence-electron chi connectivity index (χ4n) is 1.49. The summed E-state index contributed by atoms with van der Waals surface area (Å²) in [5, 5.41) is 15.6. The average molecular weight is 328 g/mol. The van der Waals surface area contributed by atoms with Gasteiger partial charge in [-0.25, -0.2) is 13.6 Å². The zero-order chi connectivity index (χ0) is 16.4. The van der Waals surface area contributed by atoms with Gasteiger partial charge < -0.3 is 4.74 Å². The number of benzene rings is 1. The van der Waals surface area contributed by atoms with Crippen LogP contribution in [-0.2, 0) is 10.0 Å². The van der Waals surface area contributed by atoms with Crippen LogP contribution in [0.25, 0.3) is 0 Å². The molecule has 118 valence electrons. The number of ether oxygens (including phenoxy) is 1. The molecule has 0 spiro atoms. The van der Waals surface area contributed by atoms with Gasteiger partial charge in [-0.2, -0.15) is 13.2 Å². The highest BCUT2D eigenvalue weighted by Gasteiger charge is 2.28. The molecule has 0 amide bonds. The van der Waals surface area contributed by atoms with Gasteiger partial charge in [0.1, 0.15) is 10.6 Å². The molecule has 0 fully saturated rings. The molecule has 0 saturated heterocycles. The van der Waals surface area contributed by atoms with Crippen molar-refractivity contribution in [2.75, 3.05) is 6.61 Å². The SMILES string of the molecule is Cc1cc([N+](=O)[O-])cc(S(N)(=O)=O)c1OCCC(F)(F)F. The summed E-state index contributed by atoms with van der Waals surface area (Å²) in [5.74, 6) is -0.424. The Labute approximate surface area is 117 Å². The first-order valence-corrected chi connectivity index (χ1v) is 6.98. The van der Waals surface area contributed by atoms with Crippen LogP contribution in [0.4, 0.5) is 18.9 Å². The topological polar surface area (TPSA) is 113 Å². The first-order valence-electron chi connectivity index (χ1n) is 5.43. The molecule has 0 saturated carbocycles. The second-order valence-corrected chi connectivity index (χ2v) is 5.64. The Balaban J connectivity index is 3.21. The molecule has 11 heteroatoms. The lowest BCUT2D eigenvalue weighted by Crippen LogP contribution is -2.17. The Kier molecular flexibility index (Phi) is 4.79. The van der Waals surface area contributed by atoms with Crippen molar-refractivity contribution in [1.29, 1.82) is 0 Å². The van der Waals surface area contributed by atoms with Crippen molar-refractivity contribution in [3.63, 3.8) is 0 Å². The molecule has 1 aromatic rings. The number of nitrogens with zero attached hydrogens (tertiary/aromatic N) is 1. The van der Waals surface area contributed by atoms with Gasteiger partial charge >= 0.3 is 6.18 Å². The normalized spacial score (nSPS) is 12.2. The van der Waals surface area contributed by atoms with E-state index in [9.17, 15) is 31.7 Å². The van der Waals surface area contributed by atoms with E-state index in [4.69, 9.17) is 9.88 Å². The smallest absolute Gasteiger partial charge is 0.392 e. The predicted molar refractivity (Wildman–Crippen MR) is 65.4 cm³/mol. The number of rotatable bonds is 5. The fourth-order valence-corrected chi connectivity index (χ4v) is 2.26. The van der Waals surface area contributed by atoms with Crippen molar-refractivity contribution in [3.8, 4) is 5.75 Å². The van der Waals surface area contributed by atoms with Crippen LogP contribution in [-0.4, -0.2) is 26.1 Å². The molecule has 0 radical (unpaired) electrons. The van der Waals surface area contributed by atoms with Crippen LogP contribution in [0.1, 0.15) is 12.0 Å². The van der Waals surface area contributed by atoms with Crippen LogP contribution < -0.4 is 9.88 Å². The van der Waals surface area contributed by atoms with E-state index in [0.29, 0.717) is 6.07 Å². The van der Waals surface area contributed by atoms with Crippen molar-refractivity contribution in [2.45, 2.75) is 24.4 Å². The highest BCUT2D eigenvalue weighted by atomic mass is 32.2. The van der Waals surface area contributed by atoms with E-state index < -0.39 is 50.5 Å². The number of alkyl halides is 3. The Morgan fingerprint density at radius 1 is 1.38 bits per heavy atom. The Bertz CT molecular complexity index is 657. The van der Waals surface area contributed by atoms with Gasteiger partial charge in [0.05, 0.1) is 18.0 Å². The van der Waals surface area contributed by atoms with Gasteiger partial charge in [-0.05, 0) is 12.5 Å². The molecule has 21 heavy (non-hydrogen) atoms. The molecule has 0 heterocycles. The largest absolute Gasteiger partial charge is 0.492 e. The van der Waals surface area contributed by atoms with Crippen molar-refractivity contribution < 1.29 is 31.2 Å². The third-order valence-electron chi connectivity index (χ3n) is 2.37. The first-order chi connectivity index (χ1) is 9.42. The summed E-state index contributed by atoms with van der Waals surface area (Å²) < 4.78 is 63.7. The highest BCUT2D eigenvalue weighted by Crippen LogP contribution is 2.32. The number of aryl methyl sites for hydroxylation is 1. The minimum absolute atomic E-state index is 0.00426. The van der Waals surface area contributed by atoms with Gasteiger partial charge in [0.25, 0.3) is 5.69 Å². The number of non-ortho nitro benzene ring substituents is 1. The number of sulfonamides is 1. The lowest BCUT2D eigenvalue weighted by Gasteiger charge is -2.13. The molecule has 0 aliphatic heterocycles. The van der Waals surface area contributed by atoms with Gasteiger partial charge in [0.15, 0.2) is 0 Å². The number of nitro groups is 1. The van der Waals surface area contributed by atoms with Gasteiger partial charge in [0.2, 0.25) is 10.0 Å². The third kappa shape index (κ3) is 4.86. The fraction of sp³-hybridized carbons (Fsp3) is 0.400. The molecule has 1 rings (SSSR count). The molecule has 0 aromatic heterocycles. The van der Waals surface area contributed by atoms with Crippen LogP contribution in [0.2, 0.25) is 0 Å². The Hall–Kier alpha value is -1.88. The van der Waals surface area contributed by atoms with Gasteiger partial charge in [-0.1, -0.05) is 0 Å². The zero-order valence-electron chi connectivity index (χ0n) is 10.7. The molecule has 0 bridgehead atoms. The van der Waals surface area contributed by atoms with Crippen molar-refractivity contribution in [3.05, 3.63) is 27.8 Å². The maximum absolute atomic E-state index is 12.1. The number of nitro benzene ring substituents is 1. The number of nitrogens with two attached hydrogens (primary N) is 1. The first kappa shape index (κ1) is 17.2. The number of hydrogen-bond acceptors (Lipinski definition) is 5. The summed E-state index contributed by atoms with van der Waals surface area (Å²) in [5.41, 5.74) is -0.560. The molecule has 1 aromatic carbocycles. The van der Waals surface area contributed by atoms with E-state index in [-0.39, 0.29) is 5.56 Å². The van der Waals surface area contributed by atoms with E-state index in [1.807, 2.05) is 0 Å². The standard InChI is InChI=1S/C10H11F3N2O5S/c1-6-4-7(15(16)17)5-8(21(14,18)19)9(6)20-3-2-10(11,12)13/h4-5H,2-3H2,1H3,(H2,14,18,19). The molecular formula is C10H11F3N2O5S. The summed E-state index contributed by atoms with van der Waals surface area (Å²) in [6.45, 7) is 0.440. The Morgan fingerprint density at radius 3 is 2.38 bits per heavy atom. The van der Waals surface area contributed by atoms with Crippen molar-refractivity contribution >= 4 is 15.7 Å². The number of hydrogen-bond donors (Lipinski definition) is 1. The molecule has 0 aliphatic carbocycles. The van der Waals surface area contributed by atoms with Crippen LogP contribution in [0, 0.1) is 17.0 Å². The minimum atomic E-state index is -4.48. The second-order valence-electron chi connectivity index (χ2n) is 4.11. The third-order valence-corrected chi connectivity index (χ3v) is 3.29. The second kappa shape index (κ2) is 5.85. The highest BCUT2D eigenvalue weighted by molar-refractivity contribution is 7.89.